The monoisotopic (exact) mass is 701 g/mol. The maximum absolute atomic E-state index is 3.93. The van der Waals surface area contributed by atoms with Gasteiger partial charge in [0.15, 0.2) is 7.28 Å². The summed E-state index contributed by atoms with van der Waals surface area (Å²) in [5, 5.41) is 6.52. The number of nitrogens with zero attached hydrogens (tertiary/aromatic N) is 1. The molecule has 1 N–H and O–H groups in total. The van der Waals surface area contributed by atoms with Crippen molar-refractivity contribution in [2.24, 2.45) is 0 Å². The summed E-state index contributed by atoms with van der Waals surface area (Å²) in [4.78, 5) is 0. The summed E-state index contributed by atoms with van der Waals surface area (Å²) in [6.07, 6.45) is 0. The van der Waals surface area contributed by atoms with E-state index in [2.05, 4.69) is 213 Å². The zero-order chi connectivity index (χ0) is 36.7. The average molecular weight is 702 g/mol. The van der Waals surface area contributed by atoms with Gasteiger partial charge < -0.3 is 9.88 Å². The molecule has 0 fully saturated rings. The van der Waals surface area contributed by atoms with Crippen LogP contribution in [0.15, 0.2) is 182 Å². The van der Waals surface area contributed by atoms with E-state index in [1.807, 2.05) is 0 Å². The third-order valence-corrected chi connectivity index (χ3v) is 12.1. The van der Waals surface area contributed by atoms with E-state index in [1.54, 1.807) is 0 Å². The first-order chi connectivity index (χ1) is 27.1. The standard InChI is InChI=1S/C52H38BN2/c1-52(2)42-26-14-12-24-36(42)38-30-39(45(32-43(38)52)54-35-22-10-5-11-23-35)40-31-41(48(33-18-6-3-7-19-33)34-20-8-4-9-21-34)49-37-25-13-16-28-46(37)55-47-29-17-15-27-44(47)53-50(40)51(49)55/h3-32,48,54H,1-2H3. The maximum atomic E-state index is 3.93. The molecule has 2 heterocycles. The highest BCUT2D eigenvalue weighted by molar-refractivity contribution is 6.73. The highest BCUT2D eigenvalue weighted by atomic mass is 15.0. The first-order valence-electron chi connectivity index (χ1n) is 19.3. The lowest BCUT2D eigenvalue weighted by molar-refractivity contribution is 0.660. The van der Waals surface area contributed by atoms with Crippen LogP contribution in [0.1, 0.15) is 47.6 Å². The minimum absolute atomic E-state index is 0.00578. The van der Waals surface area contributed by atoms with Crippen LogP contribution >= 0.6 is 0 Å². The van der Waals surface area contributed by atoms with Gasteiger partial charge in [0.1, 0.15) is 0 Å². The van der Waals surface area contributed by atoms with Crippen LogP contribution < -0.4 is 16.2 Å². The van der Waals surface area contributed by atoms with Crippen LogP contribution in [0.25, 0.3) is 49.7 Å². The lowest BCUT2D eigenvalue weighted by Crippen LogP contribution is -2.37. The van der Waals surface area contributed by atoms with Crippen LogP contribution in [0.5, 0.6) is 0 Å². The Morgan fingerprint density at radius 2 is 1.18 bits per heavy atom. The summed E-state index contributed by atoms with van der Waals surface area (Å²) >= 11 is 0. The number of benzene rings is 8. The fourth-order valence-corrected chi connectivity index (χ4v) is 9.63. The van der Waals surface area contributed by atoms with Gasteiger partial charge in [-0.2, -0.15) is 0 Å². The highest BCUT2D eigenvalue weighted by Gasteiger charge is 2.37. The molecule has 1 aliphatic carbocycles. The van der Waals surface area contributed by atoms with Gasteiger partial charge in [-0.25, -0.2) is 0 Å². The van der Waals surface area contributed by atoms with E-state index in [0.717, 1.165) is 11.4 Å². The Hall–Kier alpha value is -6.58. The number of hydrogen-bond acceptors (Lipinski definition) is 1. The van der Waals surface area contributed by atoms with Crippen molar-refractivity contribution in [3.05, 3.63) is 210 Å². The molecule has 0 amide bonds. The van der Waals surface area contributed by atoms with E-state index < -0.39 is 0 Å². The lowest BCUT2D eigenvalue weighted by Gasteiger charge is -2.28. The number of nitrogens with one attached hydrogen (secondary N) is 1. The fourth-order valence-electron chi connectivity index (χ4n) is 9.63. The molecule has 0 unspecified atom stereocenters. The van der Waals surface area contributed by atoms with E-state index >= 15 is 0 Å². The second-order valence-electron chi connectivity index (χ2n) is 15.6. The minimum atomic E-state index is -0.135. The van der Waals surface area contributed by atoms with Gasteiger partial charge in [0.25, 0.3) is 0 Å². The van der Waals surface area contributed by atoms with E-state index in [9.17, 15) is 0 Å². The first-order valence-corrected chi connectivity index (χ1v) is 19.3. The van der Waals surface area contributed by atoms with Gasteiger partial charge in [-0.05, 0) is 92.4 Å². The summed E-state index contributed by atoms with van der Waals surface area (Å²) in [7, 11) is 2.44. The largest absolute Gasteiger partial charge is 0.355 e. The molecule has 11 rings (SSSR count). The number of anilines is 2. The van der Waals surface area contributed by atoms with Gasteiger partial charge in [0.2, 0.25) is 0 Å². The summed E-state index contributed by atoms with van der Waals surface area (Å²) in [5.74, 6) is 0.00578. The van der Waals surface area contributed by atoms with Crippen molar-refractivity contribution in [3.63, 3.8) is 0 Å². The predicted octanol–water partition coefficient (Wildman–Crippen LogP) is 11.6. The van der Waals surface area contributed by atoms with Crippen molar-refractivity contribution in [2.75, 3.05) is 5.32 Å². The average Bonchev–Trinajstić information content (AvgIpc) is 3.69. The third-order valence-electron chi connectivity index (χ3n) is 12.1. The van der Waals surface area contributed by atoms with Gasteiger partial charge in [-0.1, -0.05) is 159 Å². The van der Waals surface area contributed by atoms with E-state index in [1.165, 1.54) is 88.5 Å². The molecule has 1 aliphatic heterocycles. The van der Waals surface area contributed by atoms with Crippen LogP contribution in [-0.4, -0.2) is 11.8 Å². The SMILES string of the molecule is CC1(C)c2ccccc2-c2cc(-c3cc(C(c4ccccc4)c4ccccc4)c4c5ccccc5n5c4c3[B]c3ccccc3-5)c(Nc3ccccc3)cc21. The zero-order valence-corrected chi connectivity index (χ0v) is 30.9. The van der Waals surface area contributed by atoms with E-state index in [0.29, 0.717) is 0 Å². The fraction of sp³-hybridized carbons (Fsp3) is 0.0769. The van der Waals surface area contributed by atoms with Crippen molar-refractivity contribution < 1.29 is 0 Å². The van der Waals surface area contributed by atoms with Crippen molar-refractivity contribution in [1.29, 1.82) is 0 Å². The van der Waals surface area contributed by atoms with Gasteiger partial charge in [0, 0.05) is 50.2 Å². The molecule has 9 aromatic rings. The van der Waals surface area contributed by atoms with Crippen molar-refractivity contribution in [2.45, 2.75) is 25.2 Å². The summed E-state index contributed by atoms with van der Waals surface area (Å²) in [6.45, 7) is 4.73. The van der Waals surface area contributed by atoms with Crippen molar-refractivity contribution >= 4 is 51.4 Å². The molecule has 259 valence electrons. The Bertz CT molecular complexity index is 2900. The normalized spacial score (nSPS) is 13.4. The number of rotatable bonds is 6. The molecule has 3 heteroatoms. The molecule has 1 aromatic heterocycles. The Kier molecular flexibility index (Phi) is 7.09. The van der Waals surface area contributed by atoms with Crippen LogP contribution in [0.2, 0.25) is 0 Å². The van der Waals surface area contributed by atoms with E-state index in [4.69, 9.17) is 0 Å². The molecule has 0 bridgehead atoms. The smallest absolute Gasteiger partial charge is 0.197 e. The second kappa shape index (κ2) is 12.2. The molecule has 0 saturated heterocycles. The molecule has 0 atom stereocenters. The Morgan fingerprint density at radius 3 is 1.95 bits per heavy atom. The molecule has 2 aliphatic rings. The Balaban J connectivity index is 1.31. The minimum Gasteiger partial charge on any atom is -0.355 e. The quantitative estimate of drug-likeness (QED) is 0.135. The van der Waals surface area contributed by atoms with Crippen LogP contribution in [0.4, 0.5) is 11.4 Å². The maximum Gasteiger partial charge on any atom is 0.197 e. The predicted molar refractivity (Wildman–Crippen MR) is 232 cm³/mol. The topological polar surface area (TPSA) is 17.0 Å². The van der Waals surface area contributed by atoms with Gasteiger partial charge in [-0.3, -0.25) is 0 Å². The molecule has 2 nitrogen and oxygen atoms in total. The third kappa shape index (κ3) is 4.82. The molecule has 0 spiro atoms. The lowest BCUT2D eigenvalue weighted by atomic mass is 9.58. The Morgan fingerprint density at radius 1 is 0.545 bits per heavy atom. The molecule has 55 heavy (non-hydrogen) atoms. The number of para-hydroxylation sites is 3. The van der Waals surface area contributed by atoms with Crippen LogP contribution in [-0.2, 0) is 5.41 Å². The van der Waals surface area contributed by atoms with Gasteiger partial charge in [-0.15, -0.1) is 0 Å². The summed E-state index contributed by atoms with van der Waals surface area (Å²) in [6, 6.07) is 67.0. The molecule has 8 aromatic carbocycles. The van der Waals surface area contributed by atoms with Crippen molar-refractivity contribution in [3.8, 4) is 27.9 Å². The van der Waals surface area contributed by atoms with Gasteiger partial charge >= 0.3 is 0 Å². The van der Waals surface area contributed by atoms with Gasteiger partial charge in [0.05, 0.1) is 5.52 Å². The van der Waals surface area contributed by atoms with Crippen LogP contribution in [0.3, 0.4) is 0 Å². The molecule has 0 saturated carbocycles. The van der Waals surface area contributed by atoms with E-state index in [-0.39, 0.29) is 11.3 Å². The Labute approximate surface area is 323 Å². The van der Waals surface area contributed by atoms with Crippen LogP contribution in [0, 0.1) is 0 Å². The highest BCUT2D eigenvalue weighted by Crippen LogP contribution is 2.52. The number of fused-ring (bicyclic) bond motifs is 8. The van der Waals surface area contributed by atoms with Crippen molar-refractivity contribution in [1.82, 2.24) is 4.57 Å². The number of hydrogen-bond donors (Lipinski definition) is 1. The molecular formula is C52H38BN2. The molecular weight excluding hydrogens is 663 g/mol. The molecule has 1 radical (unpaired) electrons. The summed E-state index contributed by atoms with van der Waals surface area (Å²) in [5.41, 5.74) is 19.8. The number of aromatic nitrogens is 1. The second-order valence-corrected chi connectivity index (χ2v) is 15.6. The first kappa shape index (κ1) is 31.9. The summed E-state index contributed by atoms with van der Waals surface area (Å²) < 4.78 is 2.53. The zero-order valence-electron chi connectivity index (χ0n) is 30.9.